The molecule has 2 fully saturated rings. The minimum absolute atomic E-state index is 0.724. The molecule has 0 saturated heterocycles. The molecule has 2 saturated carbocycles. The van der Waals surface area contributed by atoms with Crippen molar-refractivity contribution in [2.75, 3.05) is 13.2 Å². The van der Waals surface area contributed by atoms with Crippen molar-refractivity contribution in [2.24, 2.45) is 23.7 Å². The zero-order valence-corrected chi connectivity index (χ0v) is 14.9. The molecular formula is C21H38O. The molecule has 22 heavy (non-hydrogen) atoms. The fourth-order valence-electron chi connectivity index (χ4n) is 4.78. The second-order valence-corrected chi connectivity index (χ2v) is 7.88. The van der Waals surface area contributed by atoms with Crippen molar-refractivity contribution in [3.05, 3.63) is 12.7 Å². The van der Waals surface area contributed by atoms with Crippen LogP contribution in [0.2, 0.25) is 0 Å². The first kappa shape index (κ1) is 18.0. The van der Waals surface area contributed by atoms with Crippen LogP contribution in [0.15, 0.2) is 12.7 Å². The van der Waals surface area contributed by atoms with E-state index in [0.29, 0.717) is 0 Å². The molecule has 1 heteroatoms. The predicted octanol–water partition coefficient (Wildman–Crippen LogP) is 6.38. The van der Waals surface area contributed by atoms with Gasteiger partial charge in [-0.05, 0) is 62.2 Å². The molecule has 2 rings (SSSR count). The Balaban J connectivity index is 1.59. The van der Waals surface area contributed by atoms with Crippen molar-refractivity contribution in [1.29, 1.82) is 0 Å². The lowest BCUT2D eigenvalue weighted by Crippen LogP contribution is -2.27. The topological polar surface area (TPSA) is 9.23 Å². The van der Waals surface area contributed by atoms with Crippen LogP contribution in [-0.2, 0) is 4.74 Å². The molecule has 1 nitrogen and oxygen atoms in total. The van der Waals surface area contributed by atoms with Crippen LogP contribution in [0.4, 0.5) is 0 Å². The SMILES string of the molecule is C=CCOCC1CCC(C2CCC(CCCCC)CC2)CC1. The van der Waals surface area contributed by atoms with E-state index in [1.165, 1.54) is 77.0 Å². The van der Waals surface area contributed by atoms with Gasteiger partial charge in [0.25, 0.3) is 0 Å². The third kappa shape index (κ3) is 6.07. The maximum Gasteiger partial charge on any atom is 0.0644 e. The minimum Gasteiger partial charge on any atom is -0.377 e. The zero-order valence-electron chi connectivity index (χ0n) is 14.9. The molecule has 0 aromatic heterocycles. The molecule has 2 aliphatic carbocycles. The van der Waals surface area contributed by atoms with Gasteiger partial charge in [-0.3, -0.25) is 0 Å². The average Bonchev–Trinajstić information content (AvgIpc) is 2.57. The minimum atomic E-state index is 0.724. The van der Waals surface area contributed by atoms with Crippen molar-refractivity contribution in [1.82, 2.24) is 0 Å². The summed E-state index contributed by atoms with van der Waals surface area (Å²) in [5.41, 5.74) is 0. The number of rotatable bonds is 9. The smallest absolute Gasteiger partial charge is 0.0644 e. The van der Waals surface area contributed by atoms with Crippen molar-refractivity contribution in [3.8, 4) is 0 Å². The van der Waals surface area contributed by atoms with Crippen LogP contribution >= 0.6 is 0 Å². The summed E-state index contributed by atoms with van der Waals surface area (Å²) in [6.07, 6.45) is 19.5. The summed E-state index contributed by atoms with van der Waals surface area (Å²) in [6, 6.07) is 0. The number of hydrogen-bond acceptors (Lipinski definition) is 1. The van der Waals surface area contributed by atoms with Crippen molar-refractivity contribution in [3.63, 3.8) is 0 Å². The molecule has 0 spiro atoms. The first-order valence-corrected chi connectivity index (χ1v) is 10.0. The second kappa shape index (κ2) is 10.5. The van der Waals surface area contributed by atoms with Crippen molar-refractivity contribution in [2.45, 2.75) is 84.0 Å². The molecular weight excluding hydrogens is 268 g/mol. The summed E-state index contributed by atoms with van der Waals surface area (Å²) in [6.45, 7) is 7.72. The Kier molecular flexibility index (Phi) is 8.59. The quantitative estimate of drug-likeness (QED) is 0.354. The lowest BCUT2D eigenvalue weighted by molar-refractivity contribution is 0.0779. The van der Waals surface area contributed by atoms with Gasteiger partial charge < -0.3 is 4.74 Å². The Morgan fingerprint density at radius 3 is 2.00 bits per heavy atom. The molecule has 0 heterocycles. The summed E-state index contributed by atoms with van der Waals surface area (Å²) < 4.78 is 5.65. The van der Waals surface area contributed by atoms with Crippen LogP contribution in [0.5, 0.6) is 0 Å². The van der Waals surface area contributed by atoms with Gasteiger partial charge in [0, 0.05) is 6.61 Å². The molecule has 2 aliphatic rings. The monoisotopic (exact) mass is 306 g/mol. The van der Waals surface area contributed by atoms with Gasteiger partial charge in [-0.25, -0.2) is 0 Å². The second-order valence-electron chi connectivity index (χ2n) is 7.88. The van der Waals surface area contributed by atoms with Crippen LogP contribution in [0.1, 0.15) is 84.0 Å². The van der Waals surface area contributed by atoms with Gasteiger partial charge in [0.15, 0.2) is 0 Å². The maximum atomic E-state index is 5.65. The summed E-state index contributed by atoms with van der Waals surface area (Å²) in [4.78, 5) is 0. The van der Waals surface area contributed by atoms with Gasteiger partial charge in [0.1, 0.15) is 0 Å². The fourth-order valence-corrected chi connectivity index (χ4v) is 4.78. The van der Waals surface area contributed by atoms with E-state index < -0.39 is 0 Å². The van der Waals surface area contributed by atoms with Gasteiger partial charge in [-0.1, -0.05) is 51.5 Å². The highest BCUT2D eigenvalue weighted by atomic mass is 16.5. The van der Waals surface area contributed by atoms with Crippen LogP contribution in [0.25, 0.3) is 0 Å². The molecule has 0 aromatic rings. The molecule has 0 unspecified atom stereocenters. The lowest BCUT2D eigenvalue weighted by atomic mass is 9.69. The highest BCUT2D eigenvalue weighted by Gasteiger charge is 2.30. The van der Waals surface area contributed by atoms with Gasteiger partial charge in [-0.15, -0.1) is 6.58 Å². The van der Waals surface area contributed by atoms with Gasteiger partial charge >= 0.3 is 0 Å². The van der Waals surface area contributed by atoms with Crippen LogP contribution < -0.4 is 0 Å². The Morgan fingerprint density at radius 2 is 1.45 bits per heavy atom. The molecule has 0 N–H and O–H groups in total. The van der Waals surface area contributed by atoms with E-state index in [4.69, 9.17) is 4.74 Å². The maximum absolute atomic E-state index is 5.65. The van der Waals surface area contributed by atoms with E-state index in [2.05, 4.69) is 13.5 Å². The van der Waals surface area contributed by atoms with Crippen LogP contribution in [0.3, 0.4) is 0 Å². The number of hydrogen-bond donors (Lipinski definition) is 0. The van der Waals surface area contributed by atoms with E-state index in [-0.39, 0.29) is 0 Å². The largest absolute Gasteiger partial charge is 0.377 e. The third-order valence-corrected chi connectivity index (χ3v) is 6.25. The average molecular weight is 307 g/mol. The van der Waals surface area contributed by atoms with Crippen LogP contribution in [-0.4, -0.2) is 13.2 Å². The summed E-state index contributed by atoms with van der Waals surface area (Å²) in [7, 11) is 0. The molecule has 0 radical (unpaired) electrons. The van der Waals surface area contributed by atoms with Gasteiger partial charge in [0.05, 0.1) is 6.61 Å². The number of ether oxygens (including phenoxy) is 1. The van der Waals surface area contributed by atoms with E-state index in [1.54, 1.807) is 0 Å². The highest BCUT2D eigenvalue weighted by molar-refractivity contribution is 4.82. The normalized spacial score (nSPS) is 32.8. The standard InChI is InChI=1S/C21H38O/c1-3-5-6-7-18-8-12-20(13-9-18)21-14-10-19(11-15-21)17-22-16-4-2/h4,18-21H,2-3,5-17H2,1H3. The summed E-state index contributed by atoms with van der Waals surface area (Å²) in [5.74, 6) is 3.97. The highest BCUT2D eigenvalue weighted by Crippen LogP contribution is 2.42. The Labute approximate surface area is 138 Å². The fraction of sp³-hybridized carbons (Fsp3) is 0.905. The first-order chi connectivity index (χ1) is 10.8. The Hall–Kier alpha value is -0.300. The van der Waals surface area contributed by atoms with Crippen molar-refractivity contribution < 1.29 is 4.74 Å². The van der Waals surface area contributed by atoms with Crippen molar-refractivity contribution >= 4 is 0 Å². The van der Waals surface area contributed by atoms with Crippen LogP contribution in [0, 0.1) is 23.7 Å². The van der Waals surface area contributed by atoms with E-state index in [0.717, 1.165) is 36.9 Å². The zero-order chi connectivity index (χ0) is 15.6. The van der Waals surface area contributed by atoms with Gasteiger partial charge in [-0.2, -0.15) is 0 Å². The number of unbranched alkanes of at least 4 members (excludes halogenated alkanes) is 2. The molecule has 0 aliphatic heterocycles. The molecule has 0 atom stereocenters. The molecule has 128 valence electrons. The van der Waals surface area contributed by atoms with Gasteiger partial charge in [0.2, 0.25) is 0 Å². The van der Waals surface area contributed by atoms with E-state index >= 15 is 0 Å². The third-order valence-electron chi connectivity index (χ3n) is 6.25. The summed E-state index contributed by atoms with van der Waals surface area (Å²) in [5, 5.41) is 0. The molecule has 0 aromatic carbocycles. The summed E-state index contributed by atoms with van der Waals surface area (Å²) >= 11 is 0. The lowest BCUT2D eigenvalue weighted by Gasteiger charge is -2.38. The van der Waals surface area contributed by atoms with E-state index in [9.17, 15) is 0 Å². The first-order valence-electron chi connectivity index (χ1n) is 10.0. The molecule has 0 bridgehead atoms. The Morgan fingerprint density at radius 1 is 0.864 bits per heavy atom. The predicted molar refractivity (Wildman–Crippen MR) is 96.1 cm³/mol. The Bertz CT molecular complexity index is 282. The van der Waals surface area contributed by atoms with E-state index in [1.807, 2.05) is 6.08 Å². The molecule has 0 amide bonds.